The molecule has 3 rings (SSSR count). The zero-order valence-electron chi connectivity index (χ0n) is 17.0. The van der Waals surface area contributed by atoms with Gasteiger partial charge in [-0.2, -0.15) is 17.0 Å². The molecular weight excluding hydrogens is 392 g/mol. The van der Waals surface area contributed by atoms with Crippen molar-refractivity contribution < 1.29 is 18.0 Å². The average molecular weight is 423 g/mol. The van der Waals surface area contributed by atoms with Gasteiger partial charge in [0, 0.05) is 44.8 Å². The first kappa shape index (κ1) is 21.9. The Morgan fingerprint density at radius 2 is 1.48 bits per heavy atom. The fourth-order valence-corrected chi connectivity index (χ4v) is 5.52. The molecule has 0 spiro atoms. The van der Waals surface area contributed by atoms with Crippen LogP contribution in [0, 0.1) is 0 Å². The van der Waals surface area contributed by atoms with E-state index in [9.17, 15) is 18.0 Å². The number of rotatable bonds is 6. The lowest BCUT2D eigenvalue weighted by Gasteiger charge is -2.36. The average Bonchev–Trinajstić information content (AvgIpc) is 2.99. The first-order valence-corrected chi connectivity index (χ1v) is 11.6. The van der Waals surface area contributed by atoms with Gasteiger partial charge in [-0.05, 0) is 31.9 Å². The van der Waals surface area contributed by atoms with Crippen LogP contribution in [0.1, 0.15) is 43.0 Å². The Morgan fingerprint density at radius 1 is 0.897 bits per heavy atom. The summed E-state index contributed by atoms with van der Waals surface area (Å²) < 4.78 is 28.9. The van der Waals surface area contributed by atoms with Gasteiger partial charge in [-0.15, -0.1) is 0 Å². The molecule has 1 amide bonds. The van der Waals surface area contributed by atoms with Crippen LogP contribution in [0.3, 0.4) is 0 Å². The van der Waals surface area contributed by atoms with Crippen LogP contribution in [0.15, 0.2) is 24.3 Å². The molecule has 1 N–H and O–H groups in total. The van der Waals surface area contributed by atoms with Gasteiger partial charge in [0.2, 0.25) is 5.91 Å². The summed E-state index contributed by atoms with van der Waals surface area (Å²) in [6, 6.07) is 6.93. The van der Waals surface area contributed by atoms with Crippen molar-refractivity contribution >= 4 is 27.6 Å². The molecule has 0 radical (unpaired) electrons. The van der Waals surface area contributed by atoms with E-state index >= 15 is 0 Å². The molecule has 2 aliphatic heterocycles. The zero-order valence-corrected chi connectivity index (χ0v) is 17.8. The van der Waals surface area contributed by atoms with E-state index < -0.39 is 10.2 Å². The van der Waals surface area contributed by atoms with Crippen LogP contribution in [0.5, 0.6) is 0 Å². The molecule has 1 aromatic carbocycles. The van der Waals surface area contributed by atoms with Crippen LogP contribution in [0.4, 0.5) is 5.69 Å². The Bertz CT molecular complexity index is 827. The summed E-state index contributed by atoms with van der Waals surface area (Å²) in [5.74, 6) is -0.309. The second-order valence-electron chi connectivity index (χ2n) is 7.65. The van der Waals surface area contributed by atoms with Crippen LogP contribution in [-0.2, 0) is 15.0 Å². The SMILES string of the molecule is CC(=O)c1ccccc1NC(=O)CN1CCN(S(=O)(=O)N2CCCCCC2)CC1. The highest BCUT2D eigenvalue weighted by Gasteiger charge is 2.32. The highest BCUT2D eigenvalue weighted by Crippen LogP contribution is 2.18. The summed E-state index contributed by atoms with van der Waals surface area (Å²) in [7, 11) is -3.42. The number of Topliss-reactive ketones (excluding diaryl/α,β-unsaturated/α-hetero) is 1. The van der Waals surface area contributed by atoms with Crippen LogP contribution in [-0.4, -0.2) is 79.4 Å². The van der Waals surface area contributed by atoms with E-state index in [1.165, 1.54) is 11.2 Å². The number of nitrogens with one attached hydrogen (secondary N) is 1. The topological polar surface area (TPSA) is 90.0 Å². The molecule has 0 bridgehead atoms. The van der Waals surface area contributed by atoms with Gasteiger partial charge in [0.25, 0.3) is 10.2 Å². The van der Waals surface area contributed by atoms with Crippen LogP contribution in [0.2, 0.25) is 0 Å². The number of hydrogen-bond acceptors (Lipinski definition) is 5. The predicted octanol–water partition coefficient (Wildman–Crippen LogP) is 1.57. The molecule has 2 saturated heterocycles. The third-order valence-corrected chi connectivity index (χ3v) is 7.53. The van der Waals surface area contributed by atoms with E-state index in [0.29, 0.717) is 50.5 Å². The van der Waals surface area contributed by atoms with Crippen molar-refractivity contribution in [2.24, 2.45) is 0 Å². The molecule has 2 fully saturated rings. The third kappa shape index (κ3) is 5.63. The lowest BCUT2D eigenvalue weighted by atomic mass is 10.1. The van der Waals surface area contributed by atoms with Gasteiger partial charge in [-0.25, -0.2) is 0 Å². The van der Waals surface area contributed by atoms with E-state index in [4.69, 9.17) is 0 Å². The number of amides is 1. The minimum Gasteiger partial charge on any atom is -0.324 e. The fourth-order valence-electron chi connectivity index (χ4n) is 3.85. The number of ketones is 1. The predicted molar refractivity (Wildman–Crippen MR) is 112 cm³/mol. The summed E-state index contributed by atoms with van der Waals surface area (Å²) in [5.41, 5.74) is 0.988. The molecule has 29 heavy (non-hydrogen) atoms. The van der Waals surface area contributed by atoms with E-state index in [2.05, 4.69) is 5.32 Å². The largest absolute Gasteiger partial charge is 0.324 e. The van der Waals surface area contributed by atoms with Gasteiger partial charge in [0.1, 0.15) is 0 Å². The first-order chi connectivity index (χ1) is 13.9. The molecule has 0 unspecified atom stereocenters. The van der Waals surface area contributed by atoms with E-state index in [1.54, 1.807) is 28.6 Å². The number of piperazine rings is 1. The maximum Gasteiger partial charge on any atom is 0.282 e. The Morgan fingerprint density at radius 3 is 2.10 bits per heavy atom. The number of carbonyl (C=O) groups excluding carboxylic acids is 2. The number of nitrogens with zero attached hydrogens (tertiary/aromatic N) is 3. The zero-order chi connectivity index (χ0) is 20.9. The summed E-state index contributed by atoms with van der Waals surface area (Å²) in [4.78, 5) is 26.1. The van der Waals surface area contributed by atoms with Gasteiger partial charge < -0.3 is 5.32 Å². The number of benzene rings is 1. The maximum absolute atomic E-state index is 12.9. The van der Waals surface area contributed by atoms with Crippen molar-refractivity contribution in [2.75, 3.05) is 51.1 Å². The quantitative estimate of drug-likeness (QED) is 0.703. The molecule has 2 heterocycles. The molecule has 8 nitrogen and oxygen atoms in total. The van der Waals surface area contributed by atoms with E-state index in [-0.39, 0.29) is 18.2 Å². The normalized spacial score (nSPS) is 20.2. The number of carbonyl (C=O) groups is 2. The molecule has 1 aromatic rings. The highest BCUT2D eigenvalue weighted by atomic mass is 32.2. The van der Waals surface area contributed by atoms with Gasteiger partial charge in [0.05, 0.1) is 12.2 Å². The van der Waals surface area contributed by atoms with Crippen LogP contribution < -0.4 is 5.32 Å². The highest BCUT2D eigenvalue weighted by molar-refractivity contribution is 7.86. The second kappa shape index (κ2) is 9.80. The summed E-state index contributed by atoms with van der Waals surface area (Å²) in [5, 5.41) is 2.80. The van der Waals surface area contributed by atoms with E-state index in [1.807, 2.05) is 4.90 Å². The molecule has 0 aliphatic carbocycles. The smallest absolute Gasteiger partial charge is 0.282 e. The lowest BCUT2D eigenvalue weighted by molar-refractivity contribution is -0.117. The molecule has 0 saturated carbocycles. The van der Waals surface area contributed by atoms with Gasteiger partial charge in [-0.3, -0.25) is 14.5 Å². The third-order valence-electron chi connectivity index (χ3n) is 5.50. The second-order valence-corrected chi connectivity index (χ2v) is 9.57. The fraction of sp³-hybridized carbons (Fsp3) is 0.600. The Labute approximate surface area is 173 Å². The van der Waals surface area contributed by atoms with Gasteiger partial charge in [0.15, 0.2) is 5.78 Å². The van der Waals surface area contributed by atoms with Crippen molar-refractivity contribution in [1.29, 1.82) is 0 Å². The van der Waals surface area contributed by atoms with Gasteiger partial charge in [-0.1, -0.05) is 25.0 Å². The molecular formula is C20H30N4O4S. The van der Waals surface area contributed by atoms with E-state index in [0.717, 1.165) is 25.7 Å². The summed E-state index contributed by atoms with van der Waals surface area (Å²) in [6.45, 7) is 4.62. The van der Waals surface area contributed by atoms with Crippen molar-refractivity contribution in [3.8, 4) is 0 Å². The minimum atomic E-state index is -3.42. The lowest BCUT2D eigenvalue weighted by Crippen LogP contribution is -2.54. The van der Waals surface area contributed by atoms with Crippen molar-refractivity contribution in [3.05, 3.63) is 29.8 Å². The molecule has 2 aliphatic rings. The molecule has 0 atom stereocenters. The number of anilines is 1. The number of para-hydroxylation sites is 1. The monoisotopic (exact) mass is 422 g/mol. The van der Waals surface area contributed by atoms with Crippen molar-refractivity contribution in [3.63, 3.8) is 0 Å². The minimum absolute atomic E-state index is 0.103. The molecule has 0 aromatic heterocycles. The Kier molecular flexibility index (Phi) is 7.39. The Hall–Kier alpha value is -1.81. The van der Waals surface area contributed by atoms with Crippen LogP contribution >= 0.6 is 0 Å². The number of hydrogen-bond donors (Lipinski definition) is 1. The first-order valence-electron chi connectivity index (χ1n) is 10.3. The van der Waals surface area contributed by atoms with Gasteiger partial charge >= 0.3 is 0 Å². The molecule has 160 valence electrons. The Balaban J connectivity index is 1.52. The summed E-state index contributed by atoms with van der Waals surface area (Å²) >= 11 is 0. The van der Waals surface area contributed by atoms with Crippen molar-refractivity contribution in [2.45, 2.75) is 32.6 Å². The van der Waals surface area contributed by atoms with Crippen molar-refractivity contribution in [1.82, 2.24) is 13.5 Å². The maximum atomic E-state index is 12.9. The van der Waals surface area contributed by atoms with Crippen LogP contribution in [0.25, 0.3) is 0 Å². The molecule has 9 heteroatoms. The summed E-state index contributed by atoms with van der Waals surface area (Å²) in [6.07, 6.45) is 4.01. The standard InChI is InChI=1S/C20H30N4O4S/c1-17(25)18-8-4-5-9-19(18)21-20(26)16-22-12-14-24(15-13-22)29(27,28)23-10-6-2-3-7-11-23/h4-5,8-9H,2-3,6-7,10-16H2,1H3,(H,21,26).